The lowest BCUT2D eigenvalue weighted by Crippen LogP contribution is -2.12. The van der Waals surface area contributed by atoms with E-state index in [1.807, 2.05) is 24.3 Å². The van der Waals surface area contributed by atoms with Crippen LogP contribution < -0.4 is 10.1 Å². The normalized spacial score (nSPS) is 17.3. The second-order valence-corrected chi connectivity index (χ2v) is 5.60. The van der Waals surface area contributed by atoms with E-state index < -0.39 is 0 Å². The van der Waals surface area contributed by atoms with Crippen molar-refractivity contribution in [1.29, 1.82) is 0 Å². The van der Waals surface area contributed by atoms with E-state index in [1.54, 1.807) is 18.0 Å². The van der Waals surface area contributed by atoms with Gasteiger partial charge in [-0.05, 0) is 17.7 Å². The number of aromatic amines is 1. The smallest absolute Gasteiger partial charge is 0.235 e. The summed E-state index contributed by atoms with van der Waals surface area (Å²) in [6, 6.07) is 7.73. The van der Waals surface area contributed by atoms with Gasteiger partial charge in [0.1, 0.15) is 18.2 Å². The minimum absolute atomic E-state index is 0.0204. The van der Waals surface area contributed by atoms with E-state index in [1.165, 1.54) is 0 Å². The lowest BCUT2D eigenvalue weighted by Gasteiger charge is -2.14. The van der Waals surface area contributed by atoms with Gasteiger partial charge in [-0.1, -0.05) is 18.1 Å². The molecule has 1 aromatic carbocycles. The largest absolute Gasteiger partial charge is 0.481 e. The van der Waals surface area contributed by atoms with Crippen molar-refractivity contribution >= 4 is 23.5 Å². The van der Waals surface area contributed by atoms with Crippen LogP contribution in [0.4, 0.5) is 5.82 Å². The fourth-order valence-electron chi connectivity index (χ4n) is 2.19. The molecule has 5 nitrogen and oxygen atoms in total. The highest BCUT2D eigenvalue weighted by Gasteiger charge is 2.25. The number of aromatic nitrogens is 2. The van der Waals surface area contributed by atoms with Crippen molar-refractivity contribution in [1.82, 2.24) is 10.2 Å². The molecule has 2 aromatic rings. The minimum atomic E-state index is -0.0345. The molecule has 0 radical (unpaired) electrons. The highest BCUT2D eigenvalue weighted by Crippen LogP contribution is 2.41. The van der Waals surface area contributed by atoms with Gasteiger partial charge in [0.2, 0.25) is 5.91 Å². The van der Waals surface area contributed by atoms with Gasteiger partial charge in [-0.25, -0.2) is 0 Å². The molecule has 0 fully saturated rings. The predicted molar refractivity (Wildman–Crippen MR) is 82.3 cm³/mol. The number of nitrogens with one attached hydrogen (secondary N) is 2. The third-order valence-corrected chi connectivity index (χ3v) is 4.37. The van der Waals surface area contributed by atoms with Crippen molar-refractivity contribution in [3.8, 4) is 18.1 Å². The minimum Gasteiger partial charge on any atom is -0.481 e. The number of hydrogen-bond acceptors (Lipinski definition) is 4. The van der Waals surface area contributed by atoms with E-state index in [-0.39, 0.29) is 17.8 Å². The van der Waals surface area contributed by atoms with Gasteiger partial charge in [-0.15, -0.1) is 18.2 Å². The SMILES string of the molecule is C#CCOc1cccc([C@H]2SCC(=O)Nc3[nH]ncc32)c1. The Morgan fingerprint density at radius 3 is 3.29 bits per heavy atom. The zero-order valence-electron chi connectivity index (χ0n) is 11.1. The molecular formula is C15H13N3O2S. The van der Waals surface area contributed by atoms with Gasteiger partial charge in [0, 0.05) is 5.56 Å². The van der Waals surface area contributed by atoms with Crippen molar-refractivity contribution in [2.75, 3.05) is 17.7 Å². The van der Waals surface area contributed by atoms with Gasteiger partial charge < -0.3 is 10.1 Å². The van der Waals surface area contributed by atoms with Gasteiger partial charge in [0.05, 0.1) is 17.2 Å². The molecule has 0 unspecified atom stereocenters. The van der Waals surface area contributed by atoms with Gasteiger partial charge in [0.25, 0.3) is 0 Å². The monoisotopic (exact) mass is 299 g/mol. The summed E-state index contributed by atoms with van der Waals surface area (Å²) in [5.74, 6) is 4.18. The van der Waals surface area contributed by atoms with Gasteiger partial charge in [0.15, 0.2) is 0 Å². The molecule has 0 bridgehead atoms. The van der Waals surface area contributed by atoms with Crippen molar-refractivity contribution in [2.24, 2.45) is 0 Å². The fourth-order valence-corrected chi connectivity index (χ4v) is 3.27. The molecule has 1 aliphatic heterocycles. The van der Waals surface area contributed by atoms with Crippen molar-refractivity contribution in [3.63, 3.8) is 0 Å². The molecule has 0 saturated heterocycles. The molecule has 0 aliphatic carbocycles. The molecular weight excluding hydrogens is 286 g/mol. The molecule has 3 rings (SSSR count). The first-order chi connectivity index (χ1) is 10.3. The molecule has 21 heavy (non-hydrogen) atoms. The summed E-state index contributed by atoms with van der Waals surface area (Å²) in [5, 5.41) is 9.68. The summed E-state index contributed by atoms with van der Waals surface area (Å²) in [5.41, 5.74) is 2.01. The number of carbonyl (C=O) groups excluding carboxylic acids is 1. The Labute approximate surface area is 126 Å². The molecule has 0 spiro atoms. The number of fused-ring (bicyclic) bond motifs is 1. The predicted octanol–water partition coefficient (Wildman–Crippen LogP) is 2.20. The Bertz CT molecular complexity index is 705. The number of benzene rings is 1. The van der Waals surface area contributed by atoms with E-state index in [9.17, 15) is 4.79 Å². The molecule has 1 amide bonds. The Morgan fingerprint density at radius 1 is 1.52 bits per heavy atom. The van der Waals surface area contributed by atoms with Crippen molar-refractivity contribution in [3.05, 3.63) is 41.6 Å². The first-order valence-corrected chi connectivity index (χ1v) is 7.44. The zero-order chi connectivity index (χ0) is 14.7. The first kappa shape index (κ1) is 13.6. The standard InChI is InChI=1S/C15H13N3O2S/c1-2-6-20-11-5-3-4-10(7-11)14-12-8-16-18-15(12)17-13(19)9-21-14/h1,3-5,7-8,14H,6,9H2,(H2,16,17,18,19)/t14-/m1/s1. The molecule has 106 valence electrons. The van der Waals surface area contributed by atoms with E-state index in [0.717, 1.165) is 16.9 Å². The number of terminal acetylenes is 1. The first-order valence-electron chi connectivity index (χ1n) is 6.39. The number of hydrogen-bond donors (Lipinski definition) is 2. The number of ether oxygens (including phenoxy) is 1. The molecule has 2 heterocycles. The van der Waals surface area contributed by atoms with E-state index in [0.29, 0.717) is 11.6 Å². The van der Waals surface area contributed by atoms with Crippen molar-refractivity contribution in [2.45, 2.75) is 5.25 Å². The maximum atomic E-state index is 11.7. The Kier molecular flexibility index (Phi) is 3.84. The van der Waals surface area contributed by atoms with Crippen molar-refractivity contribution < 1.29 is 9.53 Å². The number of nitrogens with zero attached hydrogens (tertiary/aromatic N) is 1. The third kappa shape index (κ3) is 2.88. The van der Waals surface area contributed by atoms with Gasteiger partial charge in [-0.3, -0.25) is 9.89 Å². The molecule has 1 aromatic heterocycles. The van der Waals surface area contributed by atoms with Crippen LogP contribution in [-0.2, 0) is 4.79 Å². The highest BCUT2D eigenvalue weighted by atomic mass is 32.2. The van der Waals surface area contributed by atoms with Gasteiger partial charge in [-0.2, -0.15) is 5.10 Å². The van der Waals surface area contributed by atoms with Crippen LogP contribution >= 0.6 is 11.8 Å². The third-order valence-electron chi connectivity index (χ3n) is 3.08. The number of amides is 1. The van der Waals surface area contributed by atoms with Crippen LogP contribution in [0.1, 0.15) is 16.4 Å². The van der Waals surface area contributed by atoms with E-state index in [4.69, 9.17) is 11.2 Å². The van der Waals surface area contributed by atoms with Crippen LogP contribution in [0.5, 0.6) is 5.75 Å². The summed E-state index contributed by atoms with van der Waals surface area (Å²) >= 11 is 1.56. The second-order valence-electron chi connectivity index (χ2n) is 4.50. The van der Waals surface area contributed by atoms with Crippen LogP contribution in [0.15, 0.2) is 30.5 Å². The lowest BCUT2D eigenvalue weighted by molar-refractivity contribution is -0.113. The summed E-state index contributed by atoms with van der Waals surface area (Å²) in [6.45, 7) is 0.234. The van der Waals surface area contributed by atoms with Gasteiger partial charge >= 0.3 is 0 Å². The number of carbonyl (C=O) groups is 1. The topological polar surface area (TPSA) is 67.0 Å². The number of H-pyrrole nitrogens is 1. The Balaban J connectivity index is 1.93. The summed E-state index contributed by atoms with van der Waals surface area (Å²) in [6.07, 6.45) is 6.95. The zero-order valence-corrected chi connectivity index (χ0v) is 11.9. The van der Waals surface area contributed by atoms with E-state index in [2.05, 4.69) is 21.4 Å². The number of anilines is 1. The van der Waals surface area contributed by atoms with E-state index >= 15 is 0 Å². The lowest BCUT2D eigenvalue weighted by atomic mass is 10.1. The van der Waals surface area contributed by atoms with Crippen LogP contribution in [0.3, 0.4) is 0 Å². The molecule has 0 saturated carbocycles. The average molecular weight is 299 g/mol. The number of thioether (sulfide) groups is 1. The summed E-state index contributed by atoms with van der Waals surface area (Å²) < 4.78 is 5.46. The summed E-state index contributed by atoms with van der Waals surface area (Å²) in [7, 11) is 0. The molecule has 2 N–H and O–H groups in total. The fraction of sp³-hybridized carbons (Fsp3) is 0.200. The Hall–Kier alpha value is -2.39. The second kappa shape index (κ2) is 5.94. The molecule has 1 atom stereocenters. The van der Waals surface area contributed by atoms with Crippen LogP contribution in [0.25, 0.3) is 0 Å². The van der Waals surface area contributed by atoms with Crippen LogP contribution in [0, 0.1) is 12.3 Å². The maximum absolute atomic E-state index is 11.7. The molecule has 1 aliphatic rings. The van der Waals surface area contributed by atoms with Crippen LogP contribution in [0.2, 0.25) is 0 Å². The Morgan fingerprint density at radius 2 is 2.43 bits per heavy atom. The molecule has 6 heteroatoms. The quantitative estimate of drug-likeness (QED) is 0.853. The average Bonchev–Trinajstić information content (AvgIpc) is 2.88. The maximum Gasteiger partial charge on any atom is 0.235 e. The highest BCUT2D eigenvalue weighted by molar-refractivity contribution is 8.00. The summed E-state index contributed by atoms with van der Waals surface area (Å²) in [4.78, 5) is 11.7. The number of rotatable bonds is 3. The van der Waals surface area contributed by atoms with Crippen LogP contribution in [-0.4, -0.2) is 28.5 Å².